The Bertz CT molecular complexity index is 695. The first-order valence-corrected chi connectivity index (χ1v) is 8.78. The number of pyridine rings is 1. The Labute approximate surface area is 148 Å². The number of hydrogen-bond acceptors (Lipinski definition) is 5. The van der Waals surface area contributed by atoms with Crippen LogP contribution in [0.5, 0.6) is 0 Å². The minimum atomic E-state index is -0.0835. The third-order valence-electron chi connectivity index (χ3n) is 4.33. The van der Waals surface area contributed by atoms with Crippen LogP contribution < -0.4 is 5.32 Å². The van der Waals surface area contributed by atoms with E-state index in [1.807, 2.05) is 32.0 Å². The summed E-state index contributed by atoms with van der Waals surface area (Å²) in [5, 5.41) is 7.46. The van der Waals surface area contributed by atoms with E-state index in [2.05, 4.69) is 20.3 Å². The summed E-state index contributed by atoms with van der Waals surface area (Å²) in [4.78, 5) is 19.3. The van der Waals surface area contributed by atoms with Gasteiger partial charge in [0.05, 0.1) is 30.7 Å². The molecule has 1 N–H and O–H groups in total. The topological polar surface area (TPSA) is 72.3 Å². The van der Waals surface area contributed by atoms with Crippen LogP contribution in [0.1, 0.15) is 29.9 Å². The van der Waals surface area contributed by atoms with Crippen LogP contribution >= 0.6 is 0 Å². The molecule has 7 heteroatoms. The van der Waals surface area contributed by atoms with Gasteiger partial charge in [0.1, 0.15) is 0 Å². The molecule has 1 atom stereocenters. The van der Waals surface area contributed by atoms with Crippen molar-refractivity contribution in [3.63, 3.8) is 0 Å². The molecule has 1 amide bonds. The Morgan fingerprint density at radius 2 is 2.16 bits per heavy atom. The summed E-state index contributed by atoms with van der Waals surface area (Å²) in [5.74, 6) is 0.638. The third-order valence-corrected chi connectivity index (χ3v) is 4.33. The number of carbonyl (C=O) groups is 1. The molecule has 25 heavy (non-hydrogen) atoms. The van der Waals surface area contributed by atoms with Crippen LogP contribution in [0.3, 0.4) is 0 Å². The maximum Gasteiger partial charge on any atom is 0.255 e. The van der Waals surface area contributed by atoms with E-state index in [1.54, 1.807) is 17.1 Å². The highest BCUT2D eigenvalue weighted by atomic mass is 16.5. The molecule has 0 bridgehead atoms. The van der Waals surface area contributed by atoms with E-state index in [-0.39, 0.29) is 11.9 Å². The molecule has 1 saturated heterocycles. The van der Waals surface area contributed by atoms with E-state index in [0.29, 0.717) is 12.0 Å². The Morgan fingerprint density at radius 3 is 2.84 bits per heavy atom. The number of nitrogens with one attached hydrogen (secondary N) is 1. The molecule has 0 aliphatic carbocycles. The zero-order chi connectivity index (χ0) is 17.6. The third kappa shape index (κ3) is 4.24. The van der Waals surface area contributed by atoms with Gasteiger partial charge in [0, 0.05) is 31.9 Å². The van der Waals surface area contributed by atoms with Crippen molar-refractivity contribution in [3.05, 3.63) is 41.9 Å². The van der Waals surface area contributed by atoms with Gasteiger partial charge in [0.15, 0.2) is 5.82 Å². The first-order chi connectivity index (χ1) is 12.2. The number of nitrogens with zero attached hydrogens (tertiary/aromatic N) is 4. The van der Waals surface area contributed by atoms with Crippen molar-refractivity contribution < 1.29 is 9.53 Å². The number of carbonyl (C=O) groups excluding carboxylic acids is 1. The number of hydrogen-bond donors (Lipinski definition) is 1. The molecule has 1 fully saturated rings. The Hall–Kier alpha value is -2.25. The van der Waals surface area contributed by atoms with Crippen molar-refractivity contribution in [3.8, 4) is 5.82 Å². The van der Waals surface area contributed by atoms with Crippen molar-refractivity contribution >= 4 is 5.91 Å². The molecule has 0 spiro atoms. The SMILES string of the molecule is CCc1c(C(=O)NC(C)CN2CCOCC2)cnn1-c1ccccn1. The monoisotopic (exact) mass is 343 g/mol. The van der Waals surface area contributed by atoms with Crippen LogP contribution in [-0.2, 0) is 11.2 Å². The summed E-state index contributed by atoms with van der Waals surface area (Å²) >= 11 is 0. The number of morpholine rings is 1. The molecule has 134 valence electrons. The van der Waals surface area contributed by atoms with Gasteiger partial charge < -0.3 is 10.1 Å². The van der Waals surface area contributed by atoms with Crippen LogP contribution in [0.25, 0.3) is 5.82 Å². The number of rotatable bonds is 6. The van der Waals surface area contributed by atoms with Crippen LogP contribution in [0.4, 0.5) is 0 Å². The average Bonchev–Trinajstić information content (AvgIpc) is 3.07. The Balaban J connectivity index is 1.68. The fraction of sp³-hybridized carbons (Fsp3) is 0.500. The summed E-state index contributed by atoms with van der Waals surface area (Å²) in [6.07, 6.45) is 4.06. The Morgan fingerprint density at radius 1 is 1.36 bits per heavy atom. The standard InChI is InChI=1S/C18H25N5O2/c1-3-16-15(12-20-23(16)17-6-4-5-7-19-17)18(24)21-14(2)13-22-8-10-25-11-9-22/h4-7,12,14H,3,8-11,13H2,1-2H3,(H,21,24). The first-order valence-electron chi connectivity index (χ1n) is 8.78. The summed E-state index contributed by atoms with van der Waals surface area (Å²) in [7, 11) is 0. The van der Waals surface area contributed by atoms with E-state index < -0.39 is 0 Å². The van der Waals surface area contributed by atoms with Crippen molar-refractivity contribution in [1.29, 1.82) is 0 Å². The summed E-state index contributed by atoms with van der Waals surface area (Å²) in [6.45, 7) is 8.22. The minimum Gasteiger partial charge on any atom is -0.379 e. The number of ether oxygens (including phenoxy) is 1. The van der Waals surface area contributed by atoms with Gasteiger partial charge in [-0.2, -0.15) is 5.10 Å². The quantitative estimate of drug-likeness (QED) is 0.855. The zero-order valence-corrected chi connectivity index (χ0v) is 14.8. The fourth-order valence-electron chi connectivity index (χ4n) is 3.10. The second-order valence-corrected chi connectivity index (χ2v) is 6.25. The maximum atomic E-state index is 12.7. The van der Waals surface area contributed by atoms with E-state index >= 15 is 0 Å². The second kappa shape index (κ2) is 8.22. The summed E-state index contributed by atoms with van der Waals surface area (Å²) in [5.41, 5.74) is 1.48. The molecule has 0 aromatic carbocycles. The van der Waals surface area contributed by atoms with Gasteiger partial charge in [0.25, 0.3) is 5.91 Å². The van der Waals surface area contributed by atoms with Crippen LogP contribution in [0.15, 0.2) is 30.6 Å². The van der Waals surface area contributed by atoms with E-state index in [9.17, 15) is 4.79 Å². The van der Waals surface area contributed by atoms with Gasteiger partial charge in [-0.15, -0.1) is 0 Å². The molecule has 0 radical (unpaired) electrons. The molecular formula is C18H25N5O2. The van der Waals surface area contributed by atoms with Gasteiger partial charge in [-0.3, -0.25) is 9.69 Å². The molecule has 3 heterocycles. The molecule has 1 aliphatic rings. The Kier molecular flexibility index (Phi) is 5.78. The van der Waals surface area contributed by atoms with Crippen molar-refractivity contribution in [2.75, 3.05) is 32.8 Å². The molecule has 1 unspecified atom stereocenters. The second-order valence-electron chi connectivity index (χ2n) is 6.25. The van der Waals surface area contributed by atoms with E-state index in [4.69, 9.17) is 4.74 Å². The largest absolute Gasteiger partial charge is 0.379 e. The zero-order valence-electron chi connectivity index (χ0n) is 14.8. The molecule has 2 aromatic rings. The number of aromatic nitrogens is 3. The summed E-state index contributed by atoms with van der Waals surface area (Å²) < 4.78 is 7.10. The highest BCUT2D eigenvalue weighted by Crippen LogP contribution is 2.14. The van der Waals surface area contributed by atoms with Crippen molar-refractivity contribution in [2.24, 2.45) is 0 Å². The first kappa shape index (κ1) is 17.6. The fourth-order valence-corrected chi connectivity index (χ4v) is 3.10. The predicted molar refractivity (Wildman–Crippen MR) is 94.9 cm³/mol. The lowest BCUT2D eigenvalue weighted by atomic mass is 10.1. The molecule has 7 nitrogen and oxygen atoms in total. The maximum absolute atomic E-state index is 12.7. The highest BCUT2D eigenvalue weighted by molar-refractivity contribution is 5.95. The average molecular weight is 343 g/mol. The molecule has 1 aliphatic heterocycles. The smallest absolute Gasteiger partial charge is 0.255 e. The van der Waals surface area contributed by atoms with Gasteiger partial charge >= 0.3 is 0 Å². The normalized spacial score (nSPS) is 16.6. The molecule has 3 rings (SSSR count). The van der Waals surface area contributed by atoms with Gasteiger partial charge in [-0.1, -0.05) is 13.0 Å². The summed E-state index contributed by atoms with van der Waals surface area (Å²) in [6, 6.07) is 5.72. The van der Waals surface area contributed by atoms with Crippen molar-refractivity contribution in [1.82, 2.24) is 25.0 Å². The van der Waals surface area contributed by atoms with E-state index in [1.165, 1.54) is 0 Å². The molecule has 2 aromatic heterocycles. The van der Waals surface area contributed by atoms with Crippen LogP contribution in [-0.4, -0.2) is 64.5 Å². The van der Waals surface area contributed by atoms with Gasteiger partial charge in [-0.05, 0) is 25.5 Å². The lowest BCUT2D eigenvalue weighted by Gasteiger charge is -2.29. The number of amides is 1. The highest BCUT2D eigenvalue weighted by Gasteiger charge is 2.20. The lowest BCUT2D eigenvalue weighted by molar-refractivity contribution is 0.0342. The minimum absolute atomic E-state index is 0.0634. The van der Waals surface area contributed by atoms with Crippen LogP contribution in [0.2, 0.25) is 0 Å². The van der Waals surface area contributed by atoms with Gasteiger partial charge in [0.2, 0.25) is 0 Å². The van der Waals surface area contributed by atoms with Crippen LogP contribution in [0, 0.1) is 0 Å². The van der Waals surface area contributed by atoms with Gasteiger partial charge in [-0.25, -0.2) is 9.67 Å². The molecule has 0 saturated carbocycles. The van der Waals surface area contributed by atoms with Crippen molar-refractivity contribution in [2.45, 2.75) is 26.3 Å². The van der Waals surface area contributed by atoms with E-state index in [0.717, 1.165) is 44.4 Å². The predicted octanol–water partition coefficient (Wildman–Crippen LogP) is 1.28. The molecular weight excluding hydrogens is 318 g/mol. The lowest BCUT2D eigenvalue weighted by Crippen LogP contribution is -2.46.